The molecule has 0 spiro atoms. The van der Waals surface area contributed by atoms with E-state index in [4.69, 9.17) is 14.1 Å². The standard InChI is InChI=1S/C30H44N4O3SSi/c1-21-26(38-20-32-21)23-12-10-22(11-13-23)14-16-33-17-15-31-27(33)25-18-24(37-39(8,9)30(5,6)7)19-34(25)28(35)36-29(2,3)4/h10-13,15,17,20,24-25H,14,16,18-19H2,1-9H3/t24-,25+/m1/s1. The van der Waals surface area contributed by atoms with Crippen LogP contribution >= 0.6 is 11.3 Å². The summed E-state index contributed by atoms with van der Waals surface area (Å²) in [5.41, 5.74) is 4.85. The first-order chi connectivity index (χ1) is 18.1. The molecule has 2 aromatic heterocycles. The van der Waals surface area contributed by atoms with E-state index in [0.717, 1.165) is 24.5 Å². The van der Waals surface area contributed by atoms with Crippen LogP contribution in [-0.4, -0.2) is 52.1 Å². The van der Waals surface area contributed by atoms with E-state index in [9.17, 15) is 4.79 Å². The van der Waals surface area contributed by atoms with Crippen molar-refractivity contribution in [1.29, 1.82) is 0 Å². The van der Waals surface area contributed by atoms with Crippen LogP contribution in [0.5, 0.6) is 0 Å². The Balaban J connectivity index is 1.51. The Morgan fingerprint density at radius 3 is 2.38 bits per heavy atom. The average molecular weight is 569 g/mol. The molecule has 212 valence electrons. The molecule has 1 saturated heterocycles. The maximum absolute atomic E-state index is 13.3. The number of benzene rings is 1. The van der Waals surface area contributed by atoms with Crippen molar-refractivity contribution in [2.45, 2.75) is 104 Å². The van der Waals surface area contributed by atoms with Crippen molar-refractivity contribution < 1.29 is 14.0 Å². The topological polar surface area (TPSA) is 69.5 Å². The third-order valence-corrected chi connectivity index (χ3v) is 13.3. The quantitative estimate of drug-likeness (QED) is 0.274. The molecular weight excluding hydrogens is 525 g/mol. The molecule has 1 amide bonds. The molecule has 9 heteroatoms. The number of carbonyl (C=O) groups excluding carboxylic acids is 1. The van der Waals surface area contributed by atoms with Gasteiger partial charge in [0.15, 0.2) is 8.32 Å². The van der Waals surface area contributed by atoms with Gasteiger partial charge in [-0.15, -0.1) is 11.3 Å². The molecule has 1 aliphatic heterocycles. The van der Waals surface area contributed by atoms with Crippen molar-refractivity contribution in [3.63, 3.8) is 0 Å². The number of nitrogens with zero attached hydrogens (tertiary/aromatic N) is 4. The summed E-state index contributed by atoms with van der Waals surface area (Å²) in [5.74, 6) is 0.888. The van der Waals surface area contributed by atoms with Gasteiger partial charge in [-0.1, -0.05) is 45.0 Å². The lowest BCUT2D eigenvalue weighted by Gasteiger charge is -2.38. The van der Waals surface area contributed by atoms with Crippen molar-refractivity contribution in [2.75, 3.05) is 6.54 Å². The van der Waals surface area contributed by atoms with Gasteiger partial charge in [0, 0.05) is 31.9 Å². The monoisotopic (exact) mass is 568 g/mol. The zero-order valence-electron chi connectivity index (χ0n) is 24.9. The van der Waals surface area contributed by atoms with E-state index in [-0.39, 0.29) is 23.3 Å². The van der Waals surface area contributed by atoms with Crippen LogP contribution in [-0.2, 0) is 22.1 Å². The largest absolute Gasteiger partial charge is 0.444 e. The maximum atomic E-state index is 13.3. The summed E-state index contributed by atoms with van der Waals surface area (Å²) in [6, 6.07) is 8.54. The van der Waals surface area contributed by atoms with Gasteiger partial charge in [-0.05, 0) is 63.4 Å². The molecule has 0 aliphatic carbocycles. The zero-order chi connectivity index (χ0) is 28.6. The number of thiazole rings is 1. The third kappa shape index (κ3) is 6.99. The fourth-order valence-corrected chi connectivity index (χ4v) is 6.87. The van der Waals surface area contributed by atoms with Gasteiger partial charge in [0.25, 0.3) is 0 Å². The van der Waals surface area contributed by atoms with Gasteiger partial charge in [-0.2, -0.15) is 0 Å². The van der Waals surface area contributed by atoms with Crippen LogP contribution in [0.25, 0.3) is 10.4 Å². The number of imidazole rings is 1. The van der Waals surface area contributed by atoms with Crippen molar-refractivity contribution in [3.05, 3.63) is 59.3 Å². The van der Waals surface area contributed by atoms with E-state index < -0.39 is 13.9 Å². The highest BCUT2D eigenvalue weighted by Crippen LogP contribution is 2.41. The predicted octanol–water partition coefficient (Wildman–Crippen LogP) is 7.63. The number of amides is 1. The van der Waals surface area contributed by atoms with Gasteiger partial charge in [0.05, 0.1) is 28.2 Å². The number of ether oxygens (including phenoxy) is 1. The average Bonchev–Trinajstić information content (AvgIpc) is 3.55. The Morgan fingerprint density at radius 2 is 1.79 bits per heavy atom. The Bertz CT molecular complexity index is 1270. The van der Waals surface area contributed by atoms with E-state index >= 15 is 0 Å². The highest BCUT2D eigenvalue weighted by molar-refractivity contribution is 7.13. The molecule has 3 heterocycles. The van der Waals surface area contributed by atoms with Crippen LogP contribution < -0.4 is 0 Å². The molecule has 3 aromatic rings. The summed E-state index contributed by atoms with van der Waals surface area (Å²) in [6.45, 7) is 20.3. The van der Waals surface area contributed by atoms with Crippen LogP contribution in [0.2, 0.25) is 18.1 Å². The summed E-state index contributed by atoms with van der Waals surface area (Å²) >= 11 is 1.67. The Hall–Kier alpha value is -2.49. The van der Waals surface area contributed by atoms with E-state index in [1.807, 2.05) is 50.5 Å². The van der Waals surface area contributed by atoms with E-state index in [0.29, 0.717) is 13.0 Å². The number of aryl methyl sites for hydroxylation is 3. The van der Waals surface area contributed by atoms with Crippen molar-refractivity contribution >= 4 is 25.7 Å². The van der Waals surface area contributed by atoms with Gasteiger partial charge in [-0.3, -0.25) is 4.90 Å². The van der Waals surface area contributed by atoms with Gasteiger partial charge in [0.2, 0.25) is 0 Å². The molecule has 1 aromatic carbocycles. The molecule has 1 aliphatic rings. The molecule has 4 rings (SSSR count). The minimum Gasteiger partial charge on any atom is -0.444 e. The van der Waals surface area contributed by atoms with Crippen LogP contribution in [0.4, 0.5) is 4.79 Å². The smallest absolute Gasteiger partial charge is 0.411 e. The highest BCUT2D eigenvalue weighted by Gasteiger charge is 2.45. The maximum Gasteiger partial charge on any atom is 0.411 e. The van der Waals surface area contributed by atoms with E-state index in [1.54, 1.807) is 11.3 Å². The van der Waals surface area contributed by atoms with Crippen LogP contribution in [0.15, 0.2) is 42.2 Å². The number of hydrogen-bond acceptors (Lipinski definition) is 6. The summed E-state index contributed by atoms with van der Waals surface area (Å²) in [6.07, 6.45) is 5.08. The van der Waals surface area contributed by atoms with Gasteiger partial charge >= 0.3 is 6.09 Å². The second-order valence-electron chi connectivity index (χ2n) is 13.1. The van der Waals surface area contributed by atoms with E-state index in [2.05, 4.69) is 67.7 Å². The summed E-state index contributed by atoms with van der Waals surface area (Å²) in [7, 11) is -2.01. The molecule has 0 bridgehead atoms. The lowest BCUT2D eigenvalue weighted by atomic mass is 10.1. The van der Waals surface area contributed by atoms with Crippen LogP contribution in [0, 0.1) is 6.92 Å². The number of aromatic nitrogens is 3. The molecule has 0 radical (unpaired) electrons. The molecular formula is C30H44N4O3SSi. The van der Waals surface area contributed by atoms with Crippen LogP contribution in [0.3, 0.4) is 0 Å². The second-order valence-corrected chi connectivity index (χ2v) is 18.7. The lowest BCUT2D eigenvalue weighted by Crippen LogP contribution is -2.45. The van der Waals surface area contributed by atoms with Gasteiger partial charge in [0.1, 0.15) is 11.4 Å². The predicted molar refractivity (Wildman–Crippen MR) is 161 cm³/mol. The second kappa shape index (κ2) is 11.2. The van der Waals surface area contributed by atoms with Crippen molar-refractivity contribution in [2.24, 2.45) is 0 Å². The third-order valence-electron chi connectivity index (χ3n) is 7.81. The fraction of sp³-hybridized carbons (Fsp3) is 0.567. The van der Waals surface area contributed by atoms with Crippen LogP contribution in [0.1, 0.15) is 71.1 Å². The highest BCUT2D eigenvalue weighted by atomic mass is 32.1. The van der Waals surface area contributed by atoms with E-state index in [1.165, 1.54) is 16.0 Å². The SMILES string of the molecule is Cc1ncsc1-c1ccc(CCn2ccnc2[C@@H]2C[C@@H](O[Si](C)(C)C(C)(C)C)CN2C(=O)OC(C)(C)C)cc1. The Morgan fingerprint density at radius 1 is 1.10 bits per heavy atom. The lowest BCUT2D eigenvalue weighted by molar-refractivity contribution is 0.0200. The fourth-order valence-electron chi connectivity index (χ4n) is 4.70. The Labute approximate surface area is 238 Å². The number of likely N-dealkylation sites (tertiary alicyclic amines) is 1. The summed E-state index contributed by atoms with van der Waals surface area (Å²) in [4.78, 5) is 25.5. The molecule has 0 N–H and O–H groups in total. The summed E-state index contributed by atoms with van der Waals surface area (Å²) < 4.78 is 14.8. The number of carbonyl (C=O) groups is 1. The first-order valence-electron chi connectivity index (χ1n) is 13.8. The van der Waals surface area contributed by atoms with Crippen molar-refractivity contribution in [3.8, 4) is 10.4 Å². The minimum absolute atomic E-state index is 0.0451. The summed E-state index contributed by atoms with van der Waals surface area (Å²) in [5, 5.41) is 0.0918. The van der Waals surface area contributed by atoms with Gasteiger partial charge in [-0.25, -0.2) is 14.8 Å². The zero-order valence-corrected chi connectivity index (χ0v) is 26.8. The number of hydrogen-bond donors (Lipinski definition) is 0. The molecule has 0 saturated carbocycles. The molecule has 0 unspecified atom stereocenters. The minimum atomic E-state index is -2.01. The Kier molecular flexibility index (Phi) is 8.45. The molecule has 2 atom stereocenters. The first kappa shape index (κ1) is 29.5. The number of rotatable bonds is 7. The molecule has 1 fully saturated rings. The molecule has 39 heavy (non-hydrogen) atoms. The first-order valence-corrected chi connectivity index (χ1v) is 17.6. The van der Waals surface area contributed by atoms with Crippen molar-refractivity contribution in [1.82, 2.24) is 19.4 Å². The normalized spacial score (nSPS) is 18.5. The molecule has 7 nitrogen and oxygen atoms in total. The van der Waals surface area contributed by atoms with Gasteiger partial charge < -0.3 is 13.7 Å².